The zero-order valence-corrected chi connectivity index (χ0v) is 16.4. The molecule has 0 aromatic heterocycles. The van der Waals surface area contributed by atoms with Crippen molar-refractivity contribution in [2.45, 2.75) is 25.1 Å². The Balaban J connectivity index is 1.70. The van der Waals surface area contributed by atoms with Gasteiger partial charge in [-0.2, -0.15) is 0 Å². The van der Waals surface area contributed by atoms with Gasteiger partial charge in [0.25, 0.3) is 0 Å². The van der Waals surface area contributed by atoms with Gasteiger partial charge >= 0.3 is 0 Å². The Morgan fingerprint density at radius 2 is 1.86 bits per heavy atom. The number of rotatable bonds is 5. The SMILES string of the molecule is Cc1c(F)cccc1OC1c2ccc(O)cc2CC1(F)CN(C)c1ccccc1. The highest BCUT2D eigenvalue weighted by Crippen LogP contribution is 2.47. The number of ether oxygens (including phenoxy) is 1. The Morgan fingerprint density at radius 1 is 1.10 bits per heavy atom. The van der Waals surface area contributed by atoms with E-state index >= 15 is 4.39 Å². The Hall–Kier alpha value is -3.08. The predicted molar refractivity (Wildman–Crippen MR) is 110 cm³/mol. The van der Waals surface area contributed by atoms with E-state index in [0.29, 0.717) is 22.4 Å². The van der Waals surface area contributed by atoms with E-state index in [2.05, 4.69) is 0 Å². The molecule has 2 unspecified atom stereocenters. The number of para-hydroxylation sites is 1. The van der Waals surface area contributed by atoms with Crippen molar-refractivity contribution >= 4 is 5.69 Å². The molecule has 29 heavy (non-hydrogen) atoms. The van der Waals surface area contributed by atoms with E-state index in [-0.39, 0.29) is 18.7 Å². The number of hydrogen-bond donors (Lipinski definition) is 1. The Morgan fingerprint density at radius 3 is 2.62 bits per heavy atom. The molecule has 0 saturated carbocycles. The van der Waals surface area contributed by atoms with Gasteiger partial charge in [0.1, 0.15) is 17.3 Å². The molecule has 150 valence electrons. The van der Waals surface area contributed by atoms with E-state index in [9.17, 15) is 9.50 Å². The molecule has 0 fully saturated rings. The fourth-order valence-corrected chi connectivity index (χ4v) is 4.01. The summed E-state index contributed by atoms with van der Waals surface area (Å²) >= 11 is 0. The summed E-state index contributed by atoms with van der Waals surface area (Å²) in [5.41, 5.74) is 0.866. The topological polar surface area (TPSA) is 32.7 Å². The van der Waals surface area contributed by atoms with Crippen molar-refractivity contribution in [1.82, 2.24) is 0 Å². The van der Waals surface area contributed by atoms with E-state index in [0.717, 1.165) is 5.69 Å². The molecule has 3 aromatic rings. The molecular formula is C24H23F2NO2. The van der Waals surface area contributed by atoms with Crippen LogP contribution >= 0.6 is 0 Å². The Labute approximate surface area is 169 Å². The molecule has 0 bridgehead atoms. The van der Waals surface area contributed by atoms with Gasteiger partial charge in [-0.15, -0.1) is 0 Å². The maximum Gasteiger partial charge on any atom is 0.173 e. The number of fused-ring (bicyclic) bond motifs is 1. The van der Waals surface area contributed by atoms with Crippen molar-refractivity contribution in [3.63, 3.8) is 0 Å². The van der Waals surface area contributed by atoms with Crippen LogP contribution in [0.15, 0.2) is 66.7 Å². The summed E-state index contributed by atoms with van der Waals surface area (Å²) in [6, 6.07) is 18.9. The third-order valence-electron chi connectivity index (χ3n) is 5.52. The molecular weight excluding hydrogens is 372 g/mol. The summed E-state index contributed by atoms with van der Waals surface area (Å²) in [5, 5.41) is 9.86. The first-order valence-corrected chi connectivity index (χ1v) is 9.56. The average molecular weight is 395 g/mol. The minimum absolute atomic E-state index is 0.0881. The fraction of sp³-hybridized carbons (Fsp3) is 0.250. The molecule has 4 rings (SSSR count). The standard InChI is InChI=1S/C24H23F2NO2/c1-16-21(25)9-6-10-22(16)29-23-20-12-11-19(28)13-17(20)14-24(23,26)15-27(2)18-7-4-3-5-8-18/h3-13,23,28H,14-15H2,1-2H3. The lowest BCUT2D eigenvalue weighted by molar-refractivity contribution is 0.0270. The Kier molecular flexibility index (Phi) is 4.91. The maximum atomic E-state index is 16.4. The van der Waals surface area contributed by atoms with Crippen LogP contribution in [0.1, 0.15) is 22.8 Å². The van der Waals surface area contributed by atoms with Crippen molar-refractivity contribution in [3.05, 3.63) is 89.2 Å². The summed E-state index contributed by atoms with van der Waals surface area (Å²) in [5.74, 6) is 0.0164. The van der Waals surface area contributed by atoms with E-state index in [1.54, 1.807) is 31.2 Å². The maximum absolute atomic E-state index is 16.4. The number of benzene rings is 3. The summed E-state index contributed by atoms with van der Waals surface area (Å²) < 4.78 is 36.5. The molecule has 1 aliphatic carbocycles. The van der Waals surface area contributed by atoms with Crippen molar-refractivity contribution in [3.8, 4) is 11.5 Å². The number of nitrogens with zero attached hydrogens (tertiary/aromatic N) is 1. The second kappa shape index (κ2) is 7.39. The smallest absolute Gasteiger partial charge is 0.173 e. The lowest BCUT2D eigenvalue weighted by Gasteiger charge is -2.33. The predicted octanol–water partition coefficient (Wildman–Crippen LogP) is 5.36. The monoisotopic (exact) mass is 395 g/mol. The molecule has 5 heteroatoms. The van der Waals surface area contributed by atoms with Gasteiger partial charge in [0.05, 0.1) is 6.54 Å². The third kappa shape index (κ3) is 3.65. The minimum Gasteiger partial charge on any atom is -0.508 e. The number of halogens is 2. The van der Waals surface area contributed by atoms with Crippen molar-refractivity contribution in [1.29, 1.82) is 0 Å². The summed E-state index contributed by atoms with van der Waals surface area (Å²) in [4.78, 5) is 1.85. The van der Waals surface area contributed by atoms with Gasteiger partial charge in [-0.3, -0.25) is 0 Å². The normalized spacial score (nSPS) is 20.3. The van der Waals surface area contributed by atoms with Crippen LogP contribution in [0.2, 0.25) is 0 Å². The molecule has 3 aromatic carbocycles. The molecule has 0 saturated heterocycles. The van der Waals surface area contributed by atoms with Gasteiger partial charge in [0, 0.05) is 24.7 Å². The van der Waals surface area contributed by atoms with Crippen LogP contribution < -0.4 is 9.64 Å². The van der Waals surface area contributed by atoms with E-state index in [1.807, 2.05) is 42.3 Å². The average Bonchev–Trinajstić information content (AvgIpc) is 2.96. The summed E-state index contributed by atoms with van der Waals surface area (Å²) in [6.07, 6.45) is -0.808. The molecule has 0 aliphatic heterocycles. The van der Waals surface area contributed by atoms with Gasteiger partial charge in [-0.1, -0.05) is 30.3 Å². The van der Waals surface area contributed by atoms with Crippen LogP contribution in [0.4, 0.5) is 14.5 Å². The quantitative estimate of drug-likeness (QED) is 0.631. The highest BCUT2D eigenvalue weighted by atomic mass is 19.1. The lowest BCUT2D eigenvalue weighted by Crippen LogP contribution is -2.43. The lowest BCUT2D eigenvalue weighted by atomic mass is 9.98. The number of anilines is 1. The third-order valence-corrected chi connectivity index (χ3v) is 5.52. The van der Waals surface area contributed by atoms with E-state index in [4.69, 9.17) is 4.74 Å². The molecule has 0 spiro atoms. The summed E-state index contributed by atoms with van der Waals surface area (Å²) in [6.45, 7) is 1.71. The number of phenols is 1. The van der Waals surface area contributed by atoms with E-state index in [1.165, 1.54) is 12.1 Å². The highest BCUT2D eigenvalue weighted by molar-refractivity contribution is 5.49. The van der Waals surface area contributed by atoms with Crippen LogP contribution in [0, 0.1) is 12.7 Å². The zero-order chi connectivity index (χ0) is 20.6. The molecule has 1 aliphatic rings. The van der Waals surface area contributed by atoms with Gasteiger partial charge in [0.2, 0.25) is 0 Å². The number of phenolic OH excluding ortho intramolecular Hbond substituents is 1. The van der Waals surface area contributed by atoms with Crippen LogP contribution in [0.5, 0.6) is 11.5 Å². The van der Waals surface area contributed by atoms with Crippen LogP contribution in [0.3, 0.4) is 0 Å². The van der Waals surface area contributed by atoms with Gasteiger partial charge in [0.15, 0.2) is 11.8 Å². The molecule has 3 nitrogen and oxygen atoms in total. The number of hydrogen-bond acceptors (Lipinski definition) is 3. The molecule has 0 radical (unpaired) electrons. The van der Waals surface area contributed by atoms with Crippen molar-refractivity contribution in [2.75, 3.05) is 18.5 Å². The first-order chi connectivity index (χ1) is 13.9. The Bertz CT molecular complexity index is 1020. The minimum atomic E-state index is -1.75. The van der Waals surface area contributed by atoms with Crippen molar-refractivity contribution < 1.29 is 18.6 Å². The first kappa shape index (κ1) is 19.2. The van der Waals surface area contributed by atoms with Crippen LogP contribution in [-0.2, 0) is 6.42 Å². The molecule has 1 N–H and O–H groups in total. The zero-order valence-electron chi connectivity index (χ0n) is 16.4. The first-order valence-electron chi connectivity index (χ1n) is 9.56. The van der Waals surface area contributed by atoms with E-state index < -0.39 is 17.6 Å². The van der Waals surface area contributed by atoms with Gasteiger partial charge in [-0.25, -0.2) is 8.78 Å². The van der Waals surface area contributed by atoms with Crippen LogP contribution in [0.25, 0.3) is 0 Å². The molecule has 0 amide bonds. The number of alkyl halides is 1. The molecule has 0 heterocycles. The highest BCUT2D eigenvalue weighted by Gasteiger charge is 2.50. The number of aromatic hydroxyl groups is 1. The fourth-order valence-electron chi connectivity index (χ4n) is 4.01. The molecule has 2 atom stereocenters. The summed E-state index contributed by atoms with van der Waals surface area (Å²) in [7, 11) is 1.83. The largest absolute Gasteiger partial charge is 0.508 e. The second-order valence-corrected chi connectivity index (χ2v) is 7.65. The van der Waals surface area contributed by atoms with Crippen molar-refractivity contribution in [2.24, 2.45) is 0 Å². The van der Waals surface area contributed by atoms with Crippen LogP contribution in [-0.4, -0.2) is 24.4 Å². The second-order valence-electron chi connectivity index (χ2n) is 7.65. The van der Waals surface area contributed by atoms with Gasteiger partial charge in [-0.05, 0) is 54.4 Å². The van der Waals surface area contributed by atoms with Gasteiger partial charge < -0.3 is 14.7 Å².